The van der Waals surface area contributed by atoms with Crippen LogP contribution in [0.5, 0.6) is 5.75 Å². The van der Waals surface area contributed by atoms with Crippen molar-refractivity contribution in [3.63, 3.8) is 0 Å². The van der Waals surface area contributed by atoms with Crippen LogP contribution in [0, 0.1) is 0 Å². The molecule has 1 aliphatic heterocycles. The highest BCUT2D eigenvalue weighted by Gasteiger charge is 2.18. The van der Waals surface area contributed by atoms with Crippen molar-refractivity contribution >= 4 is 35.5 Å². The van der Waals surface area contributed by atoms with Gasteiger partial charge >= 0.3 is 6.03 Å². The number of carbonyl (C=O) groups excluding carboxylic acids is 2. The van der Waals surface area contributed by atoms with Crippen LogP contribution in [0.25, 0.3) is 0 Å². The highest BCUT2D eigenvalue weighted by atomic mass is 32.2. The lowest BCUT2D eigenvalue weighted by Crippen LogP contribution is -2.41. The molecule has 1 aromatic rings. The van der Waals surface area contributed by atoms with Gasteiger partial charge in [-0.05, 0) is 24.6 Å². The van der Waals surface area contributed by atoms with Crippen molar-refractivity contribution < 1.29 is 14.3 Å². The van der Waals surface area contributed by atoms with Crippen LogP contribution in [-0.2, 0) is 4.79 Å². The third kappa shape index (κ3) is 5.17. The van der Waals surface area contributed by atoms with Crippen LogP contribution in [0.3, 0.4) is 0 Å². The molecule has 1 saturated heterocycles. The number of nitrogens with one attached hydrogen (secondary N) is 2. The zero-order chi connectivity index (χ0) is 15.1. The molecule has 1 aliphatic rings. The molecule has 0 bridgehead atoms. The first-order valence-electron chi connectivity index (χ1n) is 6.72. The summed E-state index contributed by atoms with van der Waals surface area (Å²) in [7, 11) is 0. The van der Waals surface area contributed by atoms with E-state index in [9.17, 15) is 9.59 Å². The molecule has 0 aliphatic carbocycles. The van der Waals surface area contributed by atoms with Gasteiger partial charge < -0.3 is 10.1 Å². The fraction of sp³-hybridized carbons (Fsp3) is 0.429. The third-order valence-corrected chi connectivity index (χ3v) is 5.84. The van der Waals surface area contributed by atoms with Crippen LogP contribution in [0.2, 0.25) is 0 Å². The van der Waals surface area contributed by atoms with Gasteiger partial charge in [-0.15, -0.1) is 23.5 Å². The number of amides is 3. The van der Waals surface area contributed by atoms with Gasteiger partial charge in [0.25, 0.3) is 5.91 Å². The molecule has 2 N–H and O–H groups in total. The van der Waals surface area contributed by atoms with E-state index in [1.165, 1.54) is 17.1 Å². The Morgan fingerprint density at radius 3 is 2.52 bits per heavy atom. The molecule has 0 atom stereocenters. The molecule has 3 amide bonds. The second kappa shape index (κ2) is 8.19. The Labute approximate surface area is 132 Å². The molecule has 0 aromatic heterocycles. The molecule has 0 saturated carbocycles. The molecule has 1 fully saturated rings. The molecule has 21 heavy (non-hydrogen) atoms. The first kappa shape index (κ1) is 16.0. The lowest BCUT2D eigenvalue weighted by Gasteiger charge is -2.10. The number of rotatable bonds is 5. The van der Waals surface area contributed by atoms with Gasteiger partial charge in [0.15, 0.2) is 6.61 Å². The van der Waals surface area contributed by atoms with E-state index in [1.807, 2.05) is 47.8 Å². The predicted molar refractivity (Wildman–Crippen MR) is 86.8 cm³/mol. The summed E-state index contributed by atoms with van der Waals surface area (Å²) >= 11 is 3.89. The lowest BCUT2D eigenvalue weighted by molar-refractivity contribution is -0.122. The van der Waals surface area contributed by atoms with Crippen LogP contribution in [0.15, 0.2) is 24.3 Å². The Morgan fingerprint density at radius 2 is 1.90 bits per heavy atom. The fourth-order valence-electron chi connectivity index (χ4n) is 1.79. The summed E-state index contributed by atoms with van der Waals surface area (Å²) in [6, 6.07) is 7.25. The van der Waals surface area contributed by atoms with E-state index < -0.39 is 11.9 Å². The van der Waals surface area contributed by atoms with E-state index in [1.54, 1.807) is 6.92 Å². The molecular weight excluding hydrogens is 308 g/mol. The maximum absolute atomic E-state index is 11.5. The minimum absolute atomic E-state index is 0.177. The molecule has 0 unspecified atom stereocenters. The molecular formula is C14H18N2O3S2. The van der Waals surface area contributed by atoms with Gasteiger partial charge in [0.1, 0.15) is 5.75 Å². The van der Waals surface area contributed by atoms with Gasteiger partial charge in [-0.25, -0.2) is 4.79 Å². The molecule has 1 aromatic carbocycles. The number of imide groups is 1. The smallest absolute Gasteiger partial charge is 0.321 e. The van der Waals surface area contributed by atoms with Crippen LogP contribution < -0.4 is 15.4 Å². The zero-order valence-corrected chi connectivity index (χ0v) is 13.4. The van der Waals surface area contributed by atoms with Gasteiger partial charge in [0.2, 0.25) is 0 Å². The Kier molecular flexibility index (Phi) is 6.25. The van der Waals surface area contributed by atoms with Gasteiger partial charge in [0, 0.05) is 18.1 Å². The summed E-state index contributed by atoms with van der Waals surface area (Å²) in [6.45, 7) is 2.07. The third-order valence-electron chi connectivity index (χ3n) is 2.73. The Hall–Kier alpha value is -1.34. The number of urea groups is 1. The van der Waals surface area contributed by atoms with Crippen molar-refractivity contribution in [3.8, 4) is 5.75 Å². The van der Waals surface area contributed by atoms with Gasteiger partial charge in [-0.3, -0.25) is 10.1 Å². The monoisotopic (exact) mass is 326 g/mol. The first-order valence-corrected chi connectivity index (χ1v) is 8.82. The number of benzene rings is 1. The van der Waals surface area contributed by atoms with Crippen molar-refractivity contribution in [1.29, 1.82) is 0 Å². The topological polar surface area (TPSA) is 67.4 Å². The van der Waals surface area contributed by atoms with Gasteiger partial charge in [-0.2, -0.15) is 0 Å². The minimum atomic E-state index is -0.503. The number of thioether (sulfide) groups is 2. The summed E-state index contributed by atoms with van der Waals surface area (Å²) in [5.41, 5.74) is 1.27. The second-order valence-corrected chi connectivity index (χ2v) is 7.06. The fourth-order valence-corrected chi connectivity index (χ4v) is 4.65. The average Bonchev–Trinajstić information content (AvgIpc) is 3.00. The van der Waals surface area contributed by atoms with Crippen LogP contribution in [-0.4, -0.2) is 36.6 Å². The molecule has 7 heteroatoms. The highest BCUT2D eigenvalue weighted by Crippen LogP contribution is 2.45. The molecule has 2 rings (SSSR count). The van der Waals surface area contributed by atoms with Crippen molar-refractivity contribution in [2.45, 2.75) is 11.5 Å². The first-order chi connectivity index (χ1) is 10.2. The van der Waals surface area contributed by atoms with Gasteiger partial charge in [0.05, 0.1) is 4.58 Å². The Morgan fingerprint density at radius 1 is 1.24 bits per heavy atom. The van der Waals surface area contributed by atoms with E-state index >= 15 is 0 Å². The Balaban J connectivity index is 1.78. The number of hydrogen-bond donors (Lipinski definition) is 2. The van der Waals surface area contributed by atoms with Crippen LogP contribution >= 0.6 is 23.5 Å². The normalized spacial score (nSPS) is 14.7. The summed E-state index contributed by atoms with van der Waals surface area (Å²) in [6.07, 6.45) is 0. The molecule has 0 radical (unpaired) electrons. The maximum atomic E-state index is 11.5. The molecule has 114 valence electrons. The van der Waals surface area contributed by atoms with Gasteiger partial charge in [-0.1, -0.05) is 12.1 Å². The summed E-state index contributed by atoms with van der Waals surface area (Å²) in [4.78, 5) is 22.6. The van der Waals surface area contributed by atoms with E-state index in [0.29, 0.717) is 16.9 Å². The summed E-state index contributed by atoms with van der Waals surface area (Å²) < 4.78 is 5.86. The van der Waals surface area contributed by atoms with E-state index in [-0.39, 0.29) is 6.61 Å². The number of ether oxygens (including phenoxy) is 1. The van der Waals surface area contributed by atoms with E-state index in [0.717, 1.165) is 0 Å². The average molecular weight is 326 g/mol. The van der Waals surface area contributed by atoms with E-state index in [2.05, 4.69) is 10.6 Å². The van der Waals surface area contributed by atoms with Crippen molar-refractivity contribution in [3.05, 3.63) is 29.8 Å². The minimum Gasteiger partial charge on any atom is -0.484 e. The van der Waals surface area contributed by atoms with Crippen LogP contribution in [0.4, 0.5) is 4.79 Å². The molecule has 5 nitrogen and oxygen atoms in total. The zero-order valence-electron chi connectivity index (χ0n) is 11.8. The quantitative estimate of drug-likeness (QED) is 0.869. The predicted octanol–water partition coefficient (Wildman–Crippen LogP) is 2.39. The number of hydrogen-bond acceptors (Lipinski definition) is 5. The summed E-state index contributed by atoms with van der Waals surface area (Å²) in [5.74, 6) is 2.53. The van der Waals surface area contributed by atoms with Crippen LogP contribution in [0.1, 0.15) is 17.1 Å². The second-order valence-electron chi connectivity index (χ2n) is 4.34. The molecule has 1 heterocycles. The molecule has 0 spiro atoms. The van der Waals surface area contributed by atoms with Crippen molar-refractivity contribution in [2.24, 2.45) is 0 Å². The van der Waals surface area contributed by atoms with Crippen molar-refractivity contribution in [2.75, 3.05) is 24.7 Å². The SMILES string of the molecule is CCNC(=O)NC(=O)COc1ccc(C2SCCS2)cc1. The largest absolute Gasteiger partial charge is 0.484 e. The van der Waals surface area contributed by atoms with E-state index in [4.69, 9.17) is 4.74 Å². The highest BCUT2D eigenvalue weighted by molar-refractivity contribution is 8.19. The summed E-state index contributed by atoms with van der Waals surface area (Å²) in [5, 5.41) is 4.67. The lowest BCUT2D eigenvalue weighted by atomic mass is 10.2. The van der Waals surface area contributed by atoms with Crippen molar-refractivity contribution in [1.82, 2.24) is 10.6 Å². The number of carbonyl (C=O) groups is 2. The standard InChI is InChI=1S/C14H18N2O3S2/c1-2-15-14(18)16-12(17)9-19-11-5-3-10(4-6-11)13-20-7-8-21-13/h3-6,13H,2,7-9H2,1H3,(H2,15,16,17,18). The maximum Gasteiger partial charge on any atom is 0.321 e. The Bertz CT molecular complexity index is 487.